The minimum atomic E-state index is -0.209. The number of nitrogens with zero attached hydrogens (tertiary/aromatic N) is 2. The molecule has 3 aromatic rings. The zero-order chi connectivity index (χ0) is 16.6. The molecule has 0 bridgehead atoms. The lowest BCUT2D eigenvalue weighted by atomic mass is 10.2. The summed E-state index contributed by atoms with van der Waals surface area (Å²) >= 11 is 0. The first kappa shape index (κ1) is 16.2. The van der Waals surface area contributed by atoms with E-state index in [9.17, 15) is 4.39 Å². The van der Waals surface area contributed by atoms with Gasteiger partial charge in [0.1, 0.15) is 18.2 Å². The van der Waals surface area contributed by atoms with Gasteiger partial charge in [-0.1, -0.05) is 24.3 Å². The third-order valence-electron chi connectivity index (χ3n) is 3.65. The predicted octanol–water partition coefficient (Wildman–Crippen LogP) is 3.39. The summed E-state index contributed by atoms with van der Waals surface area (Å²) in [6.07, 6.45) is 5.45. The van der Waals surface area contributed by atoms with Crippen LogP contribution in [-0.2, 0) is 19.6 Å². The molecule has 0 saturated heterocycles. The lowest BCUT2D eigenvalue weighted by molar-refractivity contribution is 0.298. The quantitative estimate of drug-likeness (QED) is 0.690. The Morgan fingerprint density at radius 2 is 1.88 bits per heavy atom. The van der Waals surface area contributed by atoms with Crippen LogP contribution in [-0.4, -0.2) is 16.2 Å². The van der Waals surface area contributed by atoms with Crippen LogP contribution in [0.3, 0.4) is 0 Å². The molecule has 3 rings (SSSR count). The van der Waals surface area contributed by atoms with Crippen molar-refractivity contribution in [1.82, 2.24) is 14.9 Å². The molecule has 0 aliphatic rings. The van der Waals surface area contributed by atoms with E-state index in [0.29, 0.717) is 13.2 Å². The first-order valence-electron chi connectivity index (χ1n) is 7.92. The SMILES string of the molecule is Fc1ccc(CNCc2cccc(OCCn3ccnc3)c2)cc1. The van der Waals surface area contributed by atoms with Crippen molar-refractivity contribution in [3.8, 4) is 5.75 Å². The van der Waals surface area contributed by atoms with Crippen LogP contribution in [0.15, 0.2) is 67.3 Å². The second-order valence-corrected chi connectivity index (χ2v) is 5.53. The van der Waals surface area contributed by atoms with Gasteiger partial charge in [0.25, 0.3) is 0 Å². The monoisotopic (exact) mass is 325 g/mol. The van der Waals surface area contributed by atoms with Crippen molar-refractivity contribution in [3.63, 3.8) is 0 Å². The molecule has 0 saturated carbocycles. The van der Waals surface area contributed by atoms with E-state index in [-0.39, 0.29) is 5.82 Å². The van der Waals surface area contributed by atoms with E-state index >= 15 is 0 Å². The second kappa shape index (κ2) is 8.26. The lowest BCUT2D eigenvalue weighted by Gasteiger charge is -2.09. The van der Waals surface area contributed by atoms with E-state index in [1.807, 2.05) is 29.0 Å². The third kappa shape index (κ3) is 4.93. The van der Waals surface area contributed by atoms with Crippen molar-refractivity contribution < 1.29 is 9.13 Å². The normalized spacial score (nSPS) is 10.7. The van der Waals surface area contributed by atoms with Gasteiger partial charge in [-0.3, -0.25) is 0 Å². The first-order valence-corrected chi connectivity index (χ1v) is 7.92. The van der Waals surface area contributed by atoms with E-state index in [4.69, 9.17) is 4.74 Å². The Morgan fingerprint density at radius 1 is 1.04 bits per heavy atom. The average molecular weight is 325 g/mol. The second-order valence-electron chi connectivity index (χ2n) is 5.53. The molecule has 0 atom stereocenters. The number of hydrogen-bond donors (Lipinski definition) is 1. The standard InChI is InChI=1S/C19H20FN3O/c20-18-6-4-16(5-7-18)13-22-14-17-2-1-3-19(12-17)24-11-10-23-9-8-21-15-23/h1-9,12,15,22H,10-11,13-14H2. The molecular formula is C19H20FN3O. The number of benzene rings is 2. The zero-order valence-electron chi connectivity index (χ0n) is 13.4. The van der Waals surface area contributed by atoms with Crippen molar-refractivity contribution in [2.24, 2.45) is 0 Å². The van der Waals surface area contributed by atoms with Crippen LogP contribution in [0.2, 0.25) is 0 Å². The molecule has 0 aliphatic heterocycles. The Balaban J connectivity index is 1.45. The molecule has 0 radical (unpaired) electrons. The molecule has 4 nitrogen and oxygen atoms in total. The number of halogens is 1. The molecule has 2 aromatic carbocycles. The number of hydrogen-bond acceptors (Lipinski definition) is 3. The number of rotatable bonds is 8. The summed E-state index contributed by atoms with van der Waals surface area (Å²) in [6.45, 7) is 2.80. The highest BCUT2D eigenvalue weighted by atomic mass is 19.1. The van der Waals surface area contributed by atoms with Crippen LogP contribution in [0.5, 0.6) is 5.75 Å². The molecule has 1 heterocycles. The topological polar surface area (TPSA) is 39.1 Å². The minimum Gasteiger partial charge on any atom is -0.492 e. The highest BCUT2D eigenvalue weighted by Crippen LogP contribution is 2.13. The highest BCUT2D eigenvalue weighted by molar-refractivity contribution is 5.28. The zero-order valence-corrected chi connectivity index (χ0v) is 13.4. The Bertz CT molecular complexity index is 742. The fourth-order valence-electron chi connectivity index (χ4n) is 2.39. The fourth-order valence-corrected chi connectivity index (χ4v) is 2.39. The molecule has 0 fully saturated rings. The minimum absolute atomic E-state index is 0.209. The van der Waals surface area contributed by atoms with Gasteiger partial charge in [-0.25, -0.2) is 9.37 Å². The molecule has 1 N–H and O–H groups in total. The van der Waals surface area contributed by atoms with Crippen LogP contribution >= 0.6 is 0 Å². The Kier molecular flexibility index (Phi) is 5.58. The van der Waals surface area contributed by atoms with E-state index in [1.54, 1.807) is 24.7 Å². The van der Waals surface area contributed by atoms with Gasteiger partial charge in [0, 0.05) is 25.5 Å². The van der Waals surface area contributed by atoms with Crippen LogP contribution in [0.25, 0.3) is 0 Å². The molecule has 5 heteroatoms. The summed E-state index contributed by atoms with van der Waals surface area (Å²) in [5, 5.41) is 3.35. The predicted molar refractivity (Wildman–Crippen MR) is 91.1 cm³/mol. The smallest absolute Gasteiger partial charge is 0.123 e. The number of aromatic nitrogens is 2. The Morgan fingerprint density at radius 3 is 2.67 bits per heavy atom. The molecule has 0 unspecified atom stereocenters. The van der Waals surface area contributed by atoms with Crippen molar-refractivity contribution in [3.05, 3.63) is 84.2 Å². The van der Waals surface area contributed by atoms with Crippen LogP contribution in [0, 0.1) is 5.82 Å². The van der Waals surface area contributed by atoms with E-state index < -0.39 is 0 Å². The van der Waals surface area contributed by atoms with Crippen molar-refractivity contribution >= 4 is 0 Å². The first-order chi connectivity index (χ1) is 11.8. The van der Waals surface area contributed by atoms with Gasteiger partial charge in [-0.05, 0) is 35.4 Å². The summed E-state index contributed by atoms with van der Waals surface area (Å²) in [4.78, 5) is 4.00. The maximum Gasteiger partial charge on any atom is 0.123 e. The maximum atomic E-state index is 12.9. The van der Waals surface area contributed by atoms with Crippen LogP contribution in [0.4, 0.5) is 4.39 Å². The third-order valence-corrected chi connectivity index (χ3v) is 3.65. The van der Waals surface area contributed by atoms with Crippen LogP contribution in [0.1, 0.15) is 11.1 Å². The molecule has 0 aliphatic carbocycles. The van der Waals surface area contributed by atoms with E-state index in [0.717, 1.165) is 30.0 Å². The summed E-state index contributed by atoms with van der Waals surface area (Å²) in [5.41, 5.74) is 2.21. The molecule has 0 amide bonds. The Labute approximate surface area is 140 Å². The molecule has 1 aromatic heterocycles. The van der Waals surface area contributed by atoms with Gasteiger partial charge in [0.15, 0.2) is 0 Å². The molecule has 24 heavy (non-hydrogen) atoms. The van der Waals surface area contributed by atoms with Crippen molar-refractivity contribution in [2.45, 2.75) is 19.6 Å². The number of nitrogens with one attached hydrogen (secondary N) is 1. The molecular weight excluding hydrogens is 305 g/mol. The average Bonchev–Trinajstić information content (AvgIpc) is 3.11. The van der Waals surface area contributed by atoms with Gasteiger partial charge in [0.05, 0.1) is 12.9 Å². The largest absolute Gasteiger partial charge is 0.492 e. The fraction of sp³-hybridized carbons (Fsp3) is 0.211. The van der Waals surface area contributed by atoms with Gasteiger partial charge < -0.3 is 14.6 Å². The Hall–Kier alpha value is -2.66. The van der Waals surface area contributed by atoms with Gasteiger partial charge in [-0.15, -0.1) is 0 Å². The maximum absolute atomic E-state index is 12.9. The van der Waals surface area contributed by atoms with Gasteiger partial charge in [-0.2, -0.15) is 0 Å². The summed E-state index contributed by atoms with van der Waals surface area (Å²) in [7, 11) is 0. The van der Waals surface area contributed by atoms with Gasteiger partial charge in [0.2, 0.25) is 0 Å². The molecule has 124 valence electrons. The summed E-state index contributed by atoms with van der Waals surface area (Å²) < 4.78 is 20.6. The number of imidazole rings is 1. The molecule has 0 spiro atoms. The van der Waals surface area contributed by atoms with E-state index in [1.165, 1.54) is 12.1 Å². The van der Waals surface area contributed by atoms with Crippen molar-refractivity contribution in [2.75, 3.05) is 6.61 Å². The number of ether oxygens (including phenoxy) is 1. The summed E-state index contributed by atoms with van der Waals surface area (Å²) in [6, 6.07) is 14.6. The van der Waals surface area contributed by atoms with Crippen molar-refractivity contribution in [1.29, 1.82) is 0 Å². The lowest BCUT2D eigenvalue weighted by Crippen LogP contribution is -2.13. The van der Waals surface area contributed by atoms with E-state index in [2.05, 4.69) is 16.4 Å². The highest BCUT2D eigenvalue weighted by Gasteiger charge is 1.99. The summed E-state index contributed by atoms with van der Waals surface area (Å²) in [5.74, 6) is 0.649. The van der Waals surface area contributed by atoms with Gasteiger partial charge >= 0.3 is 0 Å². The van der Waals surface area contributed by atoms with Crippen LogP contribution < -0.4 is 10.1 Å².